The lowest BCUT2D eigenvalue weighted by atomic mass is 9.92. The molecule has 1 saturated heterocycles. The molecule has 2 aliphatic rings. The van der Waals surface area contributed by atoms with Gasteiger partial charge in [0, 0.05) is 25.7 Å². The van der Waals surface area contributed by atoms with Crippen LogP contribution in [-0.2, 0) is 0 Å². The highest BCUT2D eigenvalue weighted by atomic mass is 16.3. The summed E-state index contributed by atoms with van der Waals surface area (Å²) in [5.41, 5.74) is 5.65. The Labute approximate surface area is 92.6 Å². The number of hydrogen-bond acceptors (Lipinski definition) is 3. The molecule has 0 radical (unpaired) electrons. The third-order valence-electron chi connectivity index (χ3n) is 4.14. The Morgan fingerprint density at radius 2 is 2.00 bits per heavy atom. The number of piperidine rings is 1. The van der Waals surface area contributed by atoms with E-state index in [4.69, 9.17) is 5.73 Å². The fourth-order valence-corrected chi connectivity index (χ4v) is 2.84. The van der Waals surface area contributed by atoms with Crippen molar-refractivity contribution >= 4 is 0 Å². The molecular weight excluding hydrogens is 188 g/mol. The molecule has 1 aliphatic carbocycles. The van der Waals surface area contributed by atoms with E-state index in [9.17, 15) is 5.11 Å². The van der Waals surface area contributed by atoms with E-state index in [1.165, 1.54) is 19.3 Å². The smallest absolute Gasteiger partial charge is 0.0644 e. The second-order valence-electron chi connectivity index (χ2n) is 5.65. The van der Waals surface area contributed by atoms with Gasteiger partial charge in [-0.25, -0.2) is 0 Å². The van der Waals surface area contributed by atoms with E-state index in [0.29, 0.717) is 12.0 Å². The molecule has 3 N–H and O–H groups in total. The van der Waals surface area contributed by atoms with Gasteiger partial charge in [0.2, 0.25) is 0 Å². The molecule has 0 bridgehead atoms. The molecule has 0 spiro atoms. The molecule has 0 aromatic carbocycles. The van der Waals surface area contributed by atoms with E-state index in [-0.39, 0.29) is 0 Å². The van der Waals surface area contributed by atoms with E-state index in [1.807, 2.05) is 6.92 Å². The highest BCUT2D eigenvalue weighted by molar-refractivity contribution is 4.86. The van der Waals surface area contributed by atoms with Crippen molar-refractivity contribution in [1.29, 1.82) is 0 Å². The Morgan fingerprint density at radius 1 is 1.33 bits per heavy atom. The van der Waals surface area contributed by atoms with Gasteiger partial charge in [0.15, 0.2) is 0 Å². The zero-order valence-corrected chi connectivity index (χ0v) is 9.78. The first-order valence-electron chi connectivity index (χ1n) is 6.27. The lowest BCUT2D eigenvalue weighted by Crippen LogP contribution is -2.45. The van der Waals surface area contributed by atoms with Crippen LogP contribution in [0.5, 0.6) is 0 Å². The number of aliphatic hydroxyl groups is 1. The highest BCUT2D eigenvalue weighted by Gasteiger charge is 2.31. The number of nitrogens with zero attached hydrogens (tertiary/aromatic N) is 1. The quantitative estimate of drug-likeness (QED) is 0.717. The summed E-state index contributed by atoms with van der Waals surface area (Å²) in [5, 5.41) is 9.85. The lowest BCUT2D eigenvalue weighted by Gasteiger charge is -2.37. The highest BCUT2D eigenvalue weighted by Crippen LogP contribution is 2.27. The largest absolute Gasteiger partial charge is 0.390 e. The monoisotopic (exact) mass is 212 g/mol. The Bertz CT molecular complexity index is 208. The van der Waals surface area contributed by atoms with Crippen LogP contribution in [0.1, 0.15) is 39.0 Å². The van der Waals surface area contributed by atoms with Gasteiger partial charge in [0.05, 0.1) is 5.60 Å². The van der Waals surface area contributed by atoms with Crippen molar-refractivity contribution in [3.63, 3.8) is 0 Å². The van der Waals surface area contributed by atoms with Crippen molar-refractivity contribution in [2.75, 3.05) is 19.6 Å². The number of rotatable bonds is 2. The normalized spacial score (nSPS) is 37.0. The van der Waals surface area contributed by atoms with Crippen molar-refractivity contribution in [2.45, 2.75) is 50.7 Å². The zero-order valence-electron chi connectivity index (χ0n) is 9.78. The summed E-state index contributed by atoms with van der Waals surface area (Å²) in [6.07, 6.45) is 5.63. The minimum atomic E-state index is -0.422. The predicted octanol–water partition coefficient (Wildman–Crippen LogP) is 0.961. The second kappa shape index (κ2) is 4.40. The van der Waals surface area contributed by atoms with Gasteiger partial charge in [0.25, 0.3) is 0 Å². The summed E-state index contributed by atoms with van der Waals surface area (Å²) in [5.74, 6) is 0.702. The molecule has 2 fully saturated rings. The van der Waals surface area contributed by atoms with Crippen LogP contribution in [0.2, 0.25) is 0 Å². The average molecular weight is 212 g/mol. The summed E-state index contributed by atoms with van der Waals surface area (Å²) in [4.78, 5) is 2.48. The first-order chi connectivity index (χ1) is 7.07. The van der Waals surface area contributed by atoms with Gasteiger partial charge >= 0.3 is 0 Å². The van der Waals surface area contributed by atoms with Gasteiger partial charge in [-0.15, -0.1) is 0 Å². The Hall–Kier alpha value is -0.120. The average Bonchev–Trinajstić information content (AvgIpc) is 2.56. The van der Waals surface area contributed by atoms with E-state index >= 15 is 0 Å². The van der Waals surface area contributed by atoms with E-state index in [1.54, 1.807) is 0 Å². The minimum absolute atomic E-state index is 0.422. The SMILES string of the molecule is CC1(O)CCN(CC2CCCC2N)CC1. The molecule has 1 aliphatic heterocycles. The van der Waals surface area contributed by atoms with Gasteiger partial charge in [-0.3, -0.25) is 0 Å². The third-order valence-corrected chi connectivity index (χ3v) is 4.14. The molecule has 3 nitrogen and oxygen atoms in total. The second-order valence-corrected chi connectivity index (χ2v) is 5.65. The van der Waals surface area contributed by atoms with Gasteiger partial charge in [-0.2, -0.15) is 0 Å². The maximum atomic E-state index is 9.85. The van der Waals surface area contributed by atoms with Crippen LogP contribution in [0, 0.1) is 5.92 Å². The van der Waals surface area contributed by atoms with E-state index in [0.717, 1.165) is 32.5 Å². The summed E-state index contributed by atoms with van der Waals surface area (Å²) in [6, 6.07) is 0.424. The lowest BCUT2D eigenvalue weighted by molar-refractivity contribution is -0.00894. The molecule has 1 saturated carbocycles. The van der Waals surface area contributed by atoms with Gasteiger partial charge in [-0.05, 0) is 38.5 Å². The fraction of sp³-hybridized carbons (Fsp3) is 1.00. The van der Waals surface area contributed by atoms with Gasteiger partial charge in [-0.1, -0.05) is 6.42 Å². The molecule has 88 valence electrons. The Kier molecular flexibility index (Phi) is 3.33. The van der Waals surface area contributed by atoms with Crippen molar-refractivity contribution in [3.8, 4) is 0 Å². The van der Waals surface area contributed by atoms with Crippen molar-refractivity contribution in [2.24, 2.45) is 11.7 Å². The van der Waals surface area contributed by atoms with E-state index in [2.05, 4.69) is 4.90 Å². The standard InChI is InChI=1S/C12H24N2O/c1-12(15)5-7-14(8-6-12)9-10-3-2-4-11(10)13/h10-11,15H,2-9,13H2,1H3. The van der Waals surface area contributed by atoms with Crippen molar-refractivity contribution < 1.29 is 5.11 Å². The zero-order chi connectivity index (χ0) is 10.9. The Morgan fingerprint density at radius 3 is 2.53 bits per heavy atom. The summed E-state index contributed by atoms with van der Waals surface area (Å²) in [6.45, 7) is 5.18. The van der Waals surface area contributed by atoms with Crippen LogP contribution in [0.4, 0.5) is 0 Å². The summed E-state index contributed by atoms with van der Waals surface area (Å²) >= 11 is 0. The van der Waals surface area contributed by atoms with Crippen LogP contribution in [0.25, 0.3) is 0 Å². The molecule has 0 aromatic heterocycles. The minimum Gasteiger partial charge on any atom is -0.390 e. The molecule has 1 heterocycles. The molecule has 2 atom stereocenters. The van der Waals surface area contributed by atoms with E-state index < -0.39 is 5.60 Å². The molecular formula is C12H24N2O. The Balaban J connectivity index is 1.77. The van der Waals surface area contributed by atoms with Crippen molar-refractivity contribution in [1.82, 2.24) is 4.90 Å². The van der Waals surface area contributed by atoms with Crippen LogP contribution < -0.4 is 5.73 Å². The fourth-order valence-electron chi connectivity index (χ4n) is 2.84. The number of hydrogen-bond donors (Lipinski definition) is 2. The van der Waals surface area contributed by atoms with Gasteiger partial charge < -0.3 is 15.7 Å². The van der Waals surface area contributed by atoms with Crippen molar-refractivity contribution in [3.05, 3.63) is 0 Å². The maximum Gasteiger partial charge on any atom is 0.0644 e. The van der Waals surface area contributed by atoms with Crippen LogP contribution in [0.3, 0.4) is 0 Å². The van der Waals surface area contributed by atoms with Gasteiger partial charge in [0.1, 0.15) is 0 Å². The summed E-state index contributed by atoms with van der Waals surface area (Å²) < 4.78 is 0. The van der Waals surface area contributed by atoms with Crippen LogP contribution >= 0.6 is 0 Å². The first kappa shape index (κ1) is 11.4. The molecule has 0 amide bonds. The maximum absolute atomic E-state index is 9.85. The molecule has 3 heteroatoms. The number of nitrogens with two attached hydrogens (primary N) is 1. The third kappa shape index (κ3) is 2.92. The first-order valence-corrected chi connectivity index (χ1v) is 6.27. The topological polar surface area (TPSA) is 49.5 Å². The predicted molar refractivity (Wildman–Crippen MR) is 61.6 cm³/mol. The van der Waals surface area contributed by atoms with Crippen LogP contribution in [-0.4, -0.2) is 41.3 Å². The molecule has 2 rings (SSSR count). The molecule has 2 unspecified atom stereocenters. The number of likely N-dealkylation sites (tertiary alicyclic amines) is 1. The molecule has 15 heavy (non-hydrogen) atoms. The summed E-state index contributed by atoms with van der Waals surface area (Å²) in [7, 11) is 0. The molecule has 0 aromatic rings. The van der Waals surface area contributed by atoms with Crippen LogP contribution in [0.15, 0.2) is 0 Å².